The SMILES string of the molecule is Cc1ccccc1CC(=O)C[C@@H](Cc1ccccc1)C(=O)NC(C)C(=O)C(=O)N[C@@H](Cc1ccccc1)C(=O)CC(C)(C)C(N)=O. The molecule has 3 atom stereocenters. The molecule has 0 saturated carbocycles. The summed E-state index contributed by atoms with van der Waals surface area (Å²) in [6.45, 7) is 6.38. The van der Waals surface area contributed by atoms with Gasteiger partial charge in [0.2, 0.25) is 17.6 Å². The molecule has 0 aliphatic rings. The van der Waals surface area contributed by atoms with E-state index >= 15 is 0 Å². The maximum atomic E-state index is 13.5. The molecule has 0 saturated heterocycles. The number of amides is 3. The Balaban J connectivity index is 1.72. The van der Waals surface area contributed by atoms with E-state index in [1.165, 1.54) is 20.8 Å². The van der Waals surface area contributed by atoms with Crippen molar-refractivity contribution in [1.29, 1.82) is 0 Å². The molecule has 46 heavy (non-hydrogen) atoms. The molecule has 4 N–H and O–H groups in total. The molecular weight excluding hydrogens is 582 g/mol. The van der Waals surface area contributed by atoms with Gasteiger partial charge in [-0.1, -0.05) is 98.8 Å². The lowest BCUT2D eigenvalue weighted by molar-refractivity contribution is -0.141. The highest BCUT2D eigenvalue weighted by atomic mass is 16.2. The van der Waals surface area contributed by atoms with Crippen LogP contribution in [0, 0.1) is 18.3 Å². The predicted molar refractivity (Wildman–Crippen MR) is 175 cm³/mol. The lowest BCUT2D eigenvalue weighted by atomic mass is 9.84. The second-order valence-corrected chi connectivity index (χ2v) is 12.4. The number of ketones is 3. The zero-order chi connectivity index (χ0) is 33.9. The zero-order valence-electron chi connectivity index (χ0n) is 26.9. The molecule has 9 nitrogen and oxygen atoms in total. The minimum Gasteiger partial charge on any atom is -0.369 e. The van der Waals surface area contributed by atoms with Crippen LogP contribution >= 0.6 is 0 Å². The Morgan fingerprint density at radius 3 is 1.87 bits per heavy atom. The van der Waals surface area contributed by atoms with Gasteiger partial charge in [-0.25, -0.2) is 0 Å². The zero-order valence-corrected chi connectivity index (χ0v) is 26.9. The van der Waals surface area contributed by atoms with Crippen LogP contribution in [0.4, 0.5) is 0 Å². The Bertz CT molecular complexity index is 1550. The molecule has 0 heterocycles. The summed E-state index contributed by atoms with van der Waals surface area (Å²) in [4.78, 5) is 78.0. The van der Waals surface area contributed by atoms with Gasteiger partial charge in [-0.2, -0.15) is 0 Å². The Kier molecular flexibility index (Phi) is 12.7. The van der Waals surface area contributed by atoms with E-state index in [-0.39, 0.29) is 37.9 Å². The Hall–Kier alpha value is -4.92. The number of primary amides is 1. The van der Waals surface area contributed by atoms with Crippen LogP contribution in [0.3, 0.4) is 0 Å². The van der Waals surface area contributed by atoms with E-state index in [0.29, 0.717) is 0 Å². The molecule has 0 aliphatic heterocycles. The highest BCUT2D eigenvalue weighted by molar-refractivity contribution is 6.38. The van der Waals surface area contributed by atoms with Crippen LogP contribution < -0.4 is 16.4 Å². The number of Topliss-reactive ketones (excluding diaryl/α,β-unsaturated/α-hetero) is 3. The van der Waals surface area contributed by atoms with Crippen molar-refractivity contribution in [2.45, 2.75) is 71.9 Å². The van der Waals surface area contributed by atoms with Crippen LogP contribution in [0.5, 0.6) is 0 Å². The molecule has 0 aromatic heterocycles. The van der Waals surface area contributed by atoms with Gasteiger partial charge in [0, 0.05) is 25.2 Å². The molecule has 3 aromatic carbocycles. The molecule has 0 fully saturated rings. The van der Waals surface area contributed by atoms with Gasteiger partial charge in [-0.05, 0) is 48.9 Å². The van der Waals surface area contributed by atoms with Gasteiger partial charge >= 0.3 is 0 Å². The highest BCUT2D eigenvalue weighted by Crippen LogP contribution is 2.22. The first-order valence-electron chi connectivity index (χ1n) is 15.4. The monoisotopic (exact) mass is 625 g/mol. The molecule has 0 bridgehead atoms. The van der Waals surface area contributed by atoms with E-state index < -0.39 is 52.7 Å². The minimum absolute atomic E-state index is 0.0501. The Labute approximate surface area is 270 Å². The van der Waals surface area contributed by atoms with Crippen LogP contribution in [0.2, 0.25) is 0 Å². The van der Waals surface area contributed by atoms with Gasteiger partial charge < -0.3 is 16.4 Å². The maximum absolute atomic E-state index is 13.5. The molecule has 1 unspecified atom stereocenters. The maximum Gasteiger partial charge on any atom is 0.290 e. The highest BCUT2D eigenvalue weighted by Gasteiger charge is 2.34. The number of nitrogens with two attached hydrogens (primary N) is 1. The van der Waals surface area contributed by atoms with Gasteiger partial charge in [-0.3, -0.25) is 28.8 Å². The smallest absolute Gasteiger partial charge is 0.290 e. The number of aryl methyl sites for hydroxylation is 1. The normalized spacial score (nSPS) is 13.1. The molecule has 0 spiro atoms. The van der Waals surface area contributed by atoms with E-state index in [9.17, 15) is 28.8 Å². The fourth-order valence-corrected chi connectivity index (χ4v) is 5.09. The summed E-state index contributed by atoms with van der Waals surface area (Å²) in [5.74, 6) is -4.55. The van der Waals surface area contributed by atoms with Gasteiger partial charge in [0.1, 0.15) is 5.78 Å². The molecule has 3 rings (SSSR count). The average molecular weight is 626 g/mol. The van der Waals surface area contributed by atoms with Crippen LogP contribution in [-0.4, -0.2) is 47.2 Å². The number of benzene rings is 3. The van der Waals surface area contributed by atoms with E-state index in [1.807, 2.05) is 67.6 Å². The van der Waals surface area contributed by atoms with Crippen LogP contribution in [-0.2, 0) is 48.0 Å². The van der Waals surface area contributed by atoms with Crippen molar-refractivity contribution in [2.75, 3.05) is 0 Å². The number of hydrogen-bond acceptors (Lipinski definition) is 6. The summed E-state index contributed by atoms with van der Waals surface area (Å²) in [6.07, 6.45) is 0.244. The first-order valence-corrected chi connectivity index (χ1v) is 15.4. The van der Waals surface area contributed by atoms with Crippen LogP contribution in [0.25, 0.3) is 0 Å². The van der Waals surface area contributed by atoms with Crippen molar-refractivity contribution in [3.8, 4) is 0 Å². The Morgan fingerprint density at radius 2 is 1.30 bits per heavy atom. The van der Waals surface area contributed by atoms with Crippen LogP contribution in [0.1, 0.15) is 55.9 Å². The summed E-state index contributed by atoms with van der Waals surface area (Å²) < 4.78 is 0. The van der Waals surface area contributed by atoms with Crippen molar-refractivity contribution in [2.24, 2.45) is 17.1 Å². The molecule has 3 amide bonds. The average Bonchev–Trinajstić information content (AvgIpc) is 3.01. The lowest BCUT2D eigenvalue weighted by Crippen LogP contribution is -2.52. The van der Waals surface area contributed by atoms with Gasteiger partial charge in [0.05, 0.1) is 17.5 Å². The van der Waals surface area contributed by atoms with Crippen LogP contribution in [0.15, 0.2) is 84.9 Å². The third-order valence-corrected chi connectivity index (χ3v) is 8.05. The third-order valence-electron chi connectivity index (χ3n) is 8.05. The summed E-state index contributed by atoms with van der Waals surface area (Å²) >= 11 is 0. The number of rotatable bonds is 17. The van der Waals surface area contributed by atoms with Crippen molar-refractivity contribution in [1.82, 2.24) is 10.6 Å². The topological polar surface area (TPSA) is 152 Å². The van der Waals surface area contributed by atoms with Crippen molar-refractivity contribution < 1.29 is 28.8 Å². The van der Waals surface area contributed by atoms with Crippen molar-refractivity contribution in [3.63, 3.8) is 0 Å². The standard InChI is InChI=1S/C37H43N3O6/c1-24-13-11-12-18-28(24)21-30(41)22-29(19-26-14-7-5-8-15-26)34(44)39-25(2)33(43)35(45)40-31(20-27-16-9-6-10-17-27)32(42)23-37(3,4)36(38)46/h5-18,25,29,31H,19-23H2,1-4H3,(H2,38,46)(H,39,44)(H,40,45)/t25?,29-,31+/m1/s1. The molecule has 9 heteroatoms. The van der Waals surface area contributed by atoms with Gasteiger partial charge in [0.15, 0.2) is 5.78 Å². The largest absolute Gasteiger partial charge is 0.369 e. The Morgan fingerprint density at radius 1 is 0.761 bits per heavy atom. The number of hydrogen-bond donors (Lipinski definition) is 3. The first-order chi connectivity index (χ1) is 21.8. The van der Waals surface area contributed by atoms with Crippen molar-refractivity contribution >= 4 is 35.1 Å². The quantitative estimate of drug-likeness (QED) is 0.195. The summed E-state index contributed by atoms with van der Waals surface area (Å²) in [7, 11) is 0. The molecule has 3 aromatic rings. The fraction of sp³-hybridized carbons (Fsp3) is 0.351. The summed E-state index contributed by atoms with van der Waals surface area (Å²) in [5.41, 5.74) is 7.75. The second kappa shape index (κ2) is 16.4. The summed E-state index contributed by atoms with van der Waals surface area (Å²) in [6, 6.07) is 23.4. The van der Waals surface area contributed by atoms with E-state index in [0.717, 1.165) is 22.3 Å². The molecular formula is C37H43N3O6. The first kappa shape index (κ1) is 35.6. The van der Waals surface area contributed by atoms with Gasteiger partial charge in [0.25, 0.3) is 5.91 Å². The summed E-state index contributed by atoms with van der Waals surface area (Å²) in [5, 5.41) is 5.14. The predicted octanol–water partition coefficient (Wildman–Crippen LogP) is 3.63. The van der Waals surface area contributed by atoms with Gasteiger partial charge in [-0.15, -0.1) is 0 Å². The van der Waals surface area contributed by atoms with E-state index in [4.69, 9.17) is 5.73 Å². The molecule has 242 valence electrons. The third kappa shape index (κ3) is 10.6. The lowest BCUT2D eigenvalue weighted by Gasteiger charge is -2.24. The van der Waals surface area contributed by atoms with E-state index in [1.54, 1.807) is 24.3 Å². The fourth-order valence-electron chi connectivity index (χ4n) is 5.09. The number of nitrogens with one attached hydrogen (secondary N) is 2. The number of carbonyl (C=O) groups excluding carboxylic acids is 6. The molecule has 0 aliphatic carbocycles. The molecule has 0 radical (unpaired) electrons. The second-order valence-electron chi connectivity index (χ2n) is 12.4. The number of carbonyl (C=O) groups is 6. The van der Waals surface area contributed by atoms with Crippen molar-refractivity contribution in [3.05, 3.63) is 107 Å². The van der Waals surface area contributed by atoms with E-state index in [2.05, 4.69) is 10.6 Å². The minimum atomic E-state index is -1.23.